The van der Waals surface area contributed by atoms with Gasteiger partial charge in [0, 0.05) is 14.6 Å². The van der Waals surface area contributed by atoms with Crippen molar-refractivity contribution in [2.24, 2.45) is 5.10 Å². The van der Waals surface area contributed by atoms with Crippen molar-refractivity contribution in [1.29, 1.82) is 0 Å². The molecular formula is C23H17Br2N3O5. The number of hydrazone groups is 1. The van der Waals surface area contributed by atoms with Crippen LogP contribution in [0.3, 0.4) is 0 Å². The number of esters is 1. The number of rotatable bonds is 6. The van der Waals surface area contributed by atoms with Gasteiger partial charge in [-0.2, -0.15) is 5.10 Å². The van der Waals surface area contributed by atoms with E-state index in [0.29, 0.717) is 22.6 Å². The zero-order valence-electron chi connectivity index (χ0n) is 17.2. The monoisotopic (exact) mass is 573 g/mol. The van der Waals surface area contributed by atoms with Gasteiger partial charge < -0.3 is 14.8 Å². The summed E-state index contributed by atoms with van der Waals surface area (Å²) in [5.41, 5.74) is 3.54. The number of nitrogens with one attached hydrogen (secondary N) is 2. The van der Waals surface area contributed by atoms with Crippen LogP contribution >= 0.6 is 31.9 Å². The first-order valence-electron chi connectivity index (χ1n) is 9.41. The molecule has 0 unspecified atom stereocenters. The second-order valence-electron chi connectivity index (χ2n) is 6.47. The van der Waals surface area contributed by atoms with Gasteiger partial charge in [-0.25, -0.2) is 10.2 Å². The first-order valence-corrected chi connectivity index (χ1v) is 11.0. The Kier molecular flexibility index (Phi) is 8.34. The fourth-order valence-corrected chi connectivity index (χ4v) is 3.22. The summed E-state index contributed by atoms with van der Waals surface area (Å²) in [6.07, 6.45) is 1.33. The molecule has 10 heteroatoms. The molecule has 3 aromatic rings. The van der Waals surface area contributed by atoms with Crippen molar-refractivity contribution in [3.8, 4) is 11.5 Å². The highest BCUT2D eigenvalue weighted by molar-refractivity contribution is 9.10. The molecule has 0 radical (unpaired) electrons. The Morgan fingerprint density at radius 2 is 1.64 bits per heavy atom. The van der Waals surface area contributed by atoms with Crippen LogP contribution in [0.2, 0.25) is 0 Å². The average molecular weight is 575 g/mol. The second kappa shape index (κ2) is 11.4. The Balaban J connectivity index is 1.60. The fourth-order valence-electron chi connectivity index (χ4n) is 2.56. The van der Waals surface area contributed by atoms with E-state index in [1.165, 1.54) is 19.4 Å². The van der Waals surface area contributed by atoms with Gasteiger partial charge in [-0.05, 0) is 66.2 Å². The standard InChI is InChI=1S/C23H17Br2N3O5/c1-32-20-11-14(5-10-19(20)33-23(31)15-3-2-4-17(25)12-15)13-26-28-22(30)21(29)27-18-8-6-16(24)7-9-18/h2-13H,1H3,(H,27,29)(H,28,30)/b26-13-. The van der Waals surface area contributed by atoms with Crippen molar-refractivity contribution in [1.82, 2.24) is 5.43 Å². The Labute approximate surface area is 206 Å². The fraction of sp³-hybridized carbons (Fsp3) is 0.0435. The van der Waals surface area contributed by atoms with Crippen LogP contribution in [0.15, 0.2) is 80.8 Å². The molecule has 0 atom stereocenters. The normalized spacial score (nSPS) is 10.5. The van der Waals surface area contributed by atoms with Gasteiger partial charge in [0.1, 0.15) is 0 Å². The van der Waals surface area contributed by atoms with Gasteiger partial charge in [-0.15, -0.1) is 0 Å². The SMILES string of the molecule is COc1cc(/C=N\NC(=O)C(=O)Nc2ccc(Br)cc2)ccc1OC(=O)c1cccc(Br)c1. The summed E-state index contributed by atoms with van der Waals surface area (Å²) < 4.78 is 12.3. The molecule has 3 rings (SSSR count). The predicted octanol–water partition coefficient (Wildman–Crippen LogP) is 4.53. The molecule has 0 bridgehead atoms. The summed E-state index contributed by atoms with van der Waals surface area (Å²) in [5, 5.41) is 6.24. The largest absolute Gasteiger partial charge is 0.493 e. The van der Waals surface area contributed by atoms with Gasteiger partial charge in [-0.1, -0.05) is 37.9 Å². The van der Waals surface area contributed by atoms with Crippen LogP contribution in [0.5, 0.6) is 11.5 Å². The number of hydrogen-bond acceptors (Lipinski definition) is 6. The third-order valence-electron chi connectivity index (χ3n) is 4.14. The van der Waals surface area contributed by atoms with Crippen LogP contribution in [0, 0.1) is 0 Å². The number of benzene rings is 3. The maximum absolute atomic E-state index is 12.4. The number of carbonyl (C=O) groups excluding carboxylic acids is 3. The van der Waals surface area contributed by atoms with Crippen molar-refractivity contribution < 1.29 is 23.9 Å². The van der Waals surface area contributed by atoms with E-state index in [1.807, 2.05) is 0 Å². The van der Waals surface area contributed by atoms with Crippen LogP contribution in [-0.4, -0.2) is 31.1 Å². The van der Waals surface area contributed by atoms with E-state index in [0.717, 1.165) is 8.95 Å². The zero-order valence-corrected chi connectivity index (χ0v) is 20.3. The highest BCUT2D eigenvalue weighted by Gasteiger charge is 2.14. The lowest BCUT2D eigenvalue weighted by Gasteiger charge is -2.10. The molecule has 168 valence electrons. The van der Waals surface area contributed by atoms with Crippen LogP contribution in [0.4, 0.5) is 5.69 Å². The Bertz CT molecular complexity index is 1210. The molecule has 0 aromatic heterocycles. The predicted molar refractivity (Wildman–Crippen MR) is 131 cm³/mol. The highest BCUT2D eigenvalue weighted by atomic mass is 79.9. The van der Waals surface area contributed by atoms with Crippen LogP contribution in [-0.2, 0) is 9.59 Å². The third kappa shape index (κ3) is 6.99. The summed E-state index contributed by atoms with van der Waals surface area (Å²) in [6.45, 7) is 0. The second-order valence-corrected chi connectivity index (χ2v) is 8.30. The zero-order chi connectivity index (χ0) is 23.8. The number of amides is 2. The average Bonchev–Trinajstić information content (AvgIpc) is 2.81. The van der Waals surface area contributed by atoms with Crippen molar-refractivity contribution in [2.75, 3.05) is 12.4 Å². The van der Waals surface area contributed by atoms with E-state index in [9.17, 15) is 14.4 Å². The van der Waals surface area contributed by atoms with Gasteiger partial charge in [0.2, 0.25) is 0 Å². The molecule has 0 aliphatic heterocycles. The minimum Gasteiger partial charge on any atom is -0.493 e. The minimum absolute atomic E-state index is 0.220. The van der Waals surface area contributed by atoms with Gasteiger partial charge in [-0.3, -0.25) is 9.59 Å². The van der Waals surface area contributed by atoms with Crippen LogP contribution in [0.25, 0.3) is 0 Å². The molecule has 2 N–H and O–H groups in total. The van der Waals surface area contributed by atoms with Crippen molar-refractivity contribution in [2.45, 2.75) is 0 Å². The van der Waals surface area contributed by atoms with E-state index in [1.54, 1.807) is 60.7 Å². The maximum atomic E-state index is 12.4. The molecule has 0 spiro atoms. The number of nitrogens with zero attached hydrogens (tertiary/aromatic N) is 1. The summed E-state index contributed by atoms with van der Waals surface area (Å²) in [4.78, 5) is 36.2. The molecule has 0 saturated heterocycles. The van der Waals surface area contributed by atoms with Crippen molar-refractivity contribution in [3.05, 3.63) is 86.8 Å². The third-order valence-corrected chi connectivity index (χ3v) is 5.16. The summed E-state index contributed by atoms with van der Waals surface area (Å²) in [6, 6.07) is 18.3. The van der Waals surface area contributed by atoms with Crippen molar-refractivity contribution in [3.63, 3.8) is 0 Å². The molecular weight excluding hydrogens is 558 g/mol. The molecule has 0 aliphatic carbocycles. The Morgan fingerprint density at radius 3 is 2.33 bits per heavy atom. The molecule has 8 nitrogen and oxygen atoms in total. The summed E-state index contributed by atoms with van der Waals surface area (Å²) in [7, 11) is 1.43. The minimum atomic E-state index is -0.930. The lowest BCUT2D eigenvalue weighted by molar-refractivity contribution is -0.136. The molecule has 0 saturated carbocycles. The van der Waals surface area contributed by atoms with E-state index >= 15 is 0 Å². The van der Waals surface area contributed by atoms with E-state index in [-0.39, 0.29) is 5.75 Å². The number of halogens is 2. The van der Waals surface area contributed by atoms with Crippen LogP contribution < -0.4 is 20.2 Å². The molecule has 0 aliphatic rings. The first kappa shape index (κ1) is 24.1. The lowest BCUT2D eigenvalue weighted by atomic mass is 10.2. The molecule has 33 heavy (non-hydrogen) atoms. The maximum Gasteiger partial charge on any atom is 0.343 e. The van der Waals surface area contributed by atoms with Gasteiger partial charge in [0.25, 0.3) is 0 Å². The summed E-state index contributed by atoms with van der Waals surface area (Å²) >= 11 is 6.60. The van der Waals surface area contributed by atoms with Gasteiger partial charge in [0.05, 0.1) is 18.9 Å². The smallest absolute Gasteiger partial charge is 0.343 e. The molecule has 2 amide bonds. The van der Waals surface area contributed by atoms with E-state index in [4.69, 9.17) is 9.47 Å². The molecule has 0 heterocycles. The number of methoxy groups -OCH3 is 1. The Morgan fingerprint density at radius 1 is 0.879 bits per heavy atom. The molecule has 0 fully saturated rings. The highest BCUT2D eigenvalue weighted by Crippen LogP contribution is 2.28. The number of ether oxygens (including phenoxy) is 2. The van der Waals surface area contributed by atoms with Gasteiger partial charge >= 0.3 is 17.8 Å². The first-order chi connectivity index (χ1) is 15.9. The lowest BCUT2D eigenvalue weighted by Crippen LogP contribution is -2.32. The topological polar surface area (TPSA) is 106 Å². The van der Waals surface area contributed by atoms with Crippen LogP contribution in [0.1, 0.15) is 15.9 Å². The number of carbonyl (C=O) groups is 3. The van der Waals surface area contributed by atoms with E-state index in [2.05, 4.69) is 47.7 Å². The quantitative estimate of drug-likeness (QED) is 0.148. The Hall–Kier alpha value is -3.50. The van der Waals surface area contributed by atoms with Gasteiger partial charge in [0.15, 0.2) is 11.5 Å². The number of anilines is 1. The summed E-state index contributed by atoms with van der Waals surface area (Å²) in [5.74, 6) is -1.82. The van der Waals surface area contributed by atoms with E-state index < -0.39 is 17.8 Å². The number of hydrogen-bond donors (Lipinski definition) is 2. The van der Waals surface area contributed by atoms with Crippen molar-refractivity contribution >= 4 is 61.5 Å². The molecule has 3 aromatic carbocycles.